The Bertz CT molecular complexity index is 367. The van der Waals surface area contributed by atoms with Crippen LogP contribution in [0.15, 0.2) is 36.4 Å². The third-order valence-electron chi connectivity index (χ3n) is 2.95. The third kappa shape index (κ3) is 7.02. The lowest BCUT2D eigenvalue weighted by Gasteiger charge is -2.12. The summed E-state index contributed by atoms with van der Waals surface area (Å²) in [5, 5.41) is 3.33. The van der Waals surface area contributed by atoms with Gasteiger partial charge in [0.1, 0.15) is 12.4 Å². The van der Waals surface area contributed by atoms with Crippen molar-refractivity contribution in [1.82, 2.24) is 5.32 Å². The number of aryl methyl sites for hydroxylation is 1. The van der Waals surface area contributed by atoms with Gasteiger partial charge in [0.15, 0.2) is 0 Å². The molecule has 0 aromatic heterocycles. The first kappa shape index (κ1) is 15.8. The molecule has 0 aliphatic carbocycles. The zero-order valence-corrected chi connectivity index (χ0v) is 12.5. The van der Waals surface area contributed by atoms with Gasteiger partial charge in [0.2, 0.25) is 0 Å². The van der Waals surface area contributed by atoms with Crippen LogP contribution in [-0.2, 0) is 6.42 Å². The second kappa shape index (κ2) is 8.76. The van der Waals surface area contributed by atoms with Crippen molar-refractivity contribution in [2.24, 2.45) is 0 Å². The highest BCUT2D eigenvalue weighted by molar-refractivity contribution is 5.27. The van der Waals surface area contributed by atoms with Crippen molar-refractivity contribution in [1.29, 1.82) is 0 Å². The highest BCUT2D eigenvalue weighted by atomic mass is 16.5. The van der Waals surface area contributed by atoms with E-state index < -0.39 is 0 Å². The van der Waals surface area contributed by atoms with E-state index in [4.69, 9.17) is 4.74 Å². The number of rotatable bonds is 9. The maximum absolute atomic E-state index is 5.72. The Morgan fingerprint density at radius 3 is 2.53 bits per heavy atom. The Morgan fingerprint density at radius 2 is 1.95 bits per heavy atom. The molecule has 1 aromatic rings. The van der Waals surface area contributed by atoms with E-state index in [0.717, 1.165) is 24.3 Å². The summed E-state index contributed by atoms with van der Waals surface area (Å²) < 4.78 is 5.72. The van der Waals surface area contributed by atoms with Gasteiger partial charge in [0, 0.05) is 12.6 Å². The van der Waals surface area contributed by atoms with Crippen molar-refractivity contribution in [3.8, 4) is 5.75 Å². The van der Waals surface area contributed by atoms with E-state index in [-0.39, 0.29) is 0 Å². The Morgan fingerprint density at radius 1 is 1.26 bits per heavy atom. The molecule has 0 spiro atoms. The van der Waals surface area contributed by atoms with Gasteiger partial charge in [-0.15, -0.1) is 0 Å². The summed E-state index contributed by atoms with van der Waals surface area (Å²) in [5.41, 5.74) is 2.46. The van der Waals surface area contributed by atoms with E-state index in [1.807, 2.05) is 12.1 Å². The summed E-state index contributed by atoms with van der Waals surface area (Å²) in [7, 11) is 0. The average molecular weight is 261 g/mol. The highest BCUT2D eigenvalue weighted by Crippen LogP contribution is 2.14. The van der Waals surface area contributed by atoms with Crippen LogP contribution in [0.1, 0.15) is 39.2 Å². The van der Waals surface area contributed by atoms with Gasteiger partial charge in [-0.1, -0.05) is 45.9 Å². The minimum Gasteiger partial charge on any atom is -0.489 e. The zero-order chi connectivity index (χ0) is 14.1. The van der Waals surface area contributed by atoms with Crippen LogP contribution in [-0.4, -0.2) is 19.2 Å². The minimum atomic E-state index is 0.481. The van der Waals surface area contributed by atoms with Crippen molar-refractivity contribution >= 4 is 0 Å². The van der Waals surface area contributed by atoms with Gasteiger partial charge >= 0.3 is 0 Å². The standard InChI is InChI=1S/C17H27NO/c1-5-6-7-16-8-10-17(11-9-16)19-13-15(4)12-18-14(2)3/h8-11,14,18H,4-7,12-13H2,1-3H3. The summed E-state index contributed by atoms with van der Waals surface area (Å²) >= 11 is 0. The van der Waals surface area contributed by atoms with Crippen LogP contribution in [0, 0.1) is 0 Å². The number of ether oxygens (including phenoxy) is 1. The van der Waals surface area contributed by atoms with Gasteiger partial charge in [0.05, 0.1) is 0 Å². The molecule has 0 bridgehead atoms. The van der Waals surface area contributed by atoms with Crippen LogP contribution in [0.25, 0.3) is 0 Å². The number of hydrogen-bond donors (Lipinski definition) is 1. The number of unbranched alkanes of at least 4 members (excludes halogenated alkanes) is 1. The zero-order valence-electron chi connectivity index (χ0n) is 12.5. The topological polar surface area (TPSA) is 21.3 Å². The summed E-state index contributed by atoms with van der Waals surface area (Å²) in [6.07, 6.45) is 3.64. The van der Waals surface area contributed by atoms with Crippen molar-refractivity contribution in [2.75, 3.05) is 13.2 Å². The smallest absolute Gasteiger partial charge is 0.119 e. The van der Waals surface area contributed by atoms with Crippen LogP contribution >= 0.6 is 0 Å². The quantitative estimate of drug-likeness (QED) is 0.679. The molecule has 1 aromatic carbocycles. The van der Waals surface area contributed by atoms with Crippen LogP contribution in [0.4, 0.5) is 0 Å². The van der Waals surface area contributed by atoms with E-state index in [1.165, 1.54) is 18.4 Å². The van der Waals surface area contributed by atoms with Gasteiger partial charge in [-0.25, -0.2) is 0 Å². The van der Waals surface area contributed by atoms with Crippen LogP contribution in [0.5, 0.6) is 5.75 Å². The van der Waals surface area contributed by atoms with Gasteiger partial charge in [-0.05, 0) is 36.1 Å². The number of benzene rings is 1. The molecule has 0 saturated carbocycles. The predicted molar refractivity (Wildman–Crippen MR) is 82.8 cm³/mol. The normalized spacial score (nSPS) is 10.7. The molecule has 1 rings (SSSR count). The van der Waals surface area contributed by atoms with E-state index >= 15 is 0 Å². The second-order valence-electron chi connectivity index (χ2n) is 5.32. The lowest BCUT2D eigenvalue weighted by atomic mass is 10.1. The Balaban J connectivity index is 2.31. The molecule has 19 heavy (non-hydrogen) atoms. The fourth-order valence-electron chi connectivity index (χ4n) is 1.72. The largest absolute Gasteiger partial charge is 0.489 e. The first-order valence-corrected chi connectivity index (χ1v) is 7.23. The lowest BCUT2D eigenvalue weighted by Crippen LogP contribution is -2.26. The van der Waals surface area contributed by atoms with Gasteiger partial charge in [-0.3, -0.25) is 0 Å². The van der Waals surface area contributed by atoms with E-state index in [9.17, 15) is 0 Å². The second-order valence-corrected chi connectivity index (χ2v) is 5.32. The van der Waals surface area contributed by atoms with Crippen molar-refractivity contribution < 1.29 is 4.74 Å². The SMILES string of the molecule is C=C(CNC(C)C)COc1ccc(CCCC)cc1. The average Bonchev–Trinajstić information content (AvgIpc) is 2.41. The molecule has 2 heteroatoms. The number of hydrogen-bond acceptors (Lipinski definition) is 2. The molecule has 106 valence electrons. The molecule has 1 N–H and O–H groups in total. The lowest BCUT2D eigenvalue weighted by molar-refractivity contribution is 0.347. The molecule has 0 amide bonds. The first-order chi connectivity index (χ1) is 9.11. The molecule has 0 saturated heterocycles. The van der Waals surface area contributed by atoms with E-state index in [0.29, 0.717) is 12.6 Å². The van der Waals surface area contributed by atoms with Crippen LogP contribution < -0.4 is 10.1 Å². The van der Waals surface area contributed by atoms with E-state index in [2.05, 4.69) is 44.8 Å². The van der Waals surface area contributed by atoms with Gasteiger partial charge in [0.25, 0.3) is 0 Å². The highest BCUT2D eigenvalue weighted by Gasteiger charge is 1.99. The van der Waals surface area contributed by atoms with Crippen molar-refractivity contribution in [3.05, 3.63) is 42.0 Å². The molecule has 0 fully saturated rings. The van der Waals surface area contributed by atoms with Crippen molar-refractivity contribution in [3.63, 3.8) is 0 Å². The first-order valence-electron chi connectivity index (χ1n) is 7.23. The Hall–Kier alpha value is -1.28. The molecule has 0 atom stereocenters. The molecule has 0 unspecified atom stereocenters. The molecule has 2 nitrogen and oxygen atoms in total. The maximum Gasteiger partial charge on any atom is 0.119 e. The third-order valence-corrected chi connectivity index (χ3v) is 2.95. The molecule has 0 heterocycles. The number of nitrogens with one attached hydrogen (secondary N) is 1. The Kier molecular flexibility index (Phi) is 7.27. The summed E-state index contributed by atoms with van der Waals surface area (Å²) in [6.45, 7) is 11.9. The maximum atomic E-state index is 5.72. The monoisotopic (exact) mass is 261 g/mol. The molecular weight excluding hydrogens is 234 g/mol. The minimum absolute atomic E-state index is 0.481. The predicted octanol–water partition coefficient (Wildman–Crippen LogP) is 3.96. The van der Waals surface area contributed by atoms with Crippen molar-refractivity contribution in [2.45, 2.75) is 46.1 Å². The molecular formula is C17H27NO. The molecule has 0 aliphatic heterocycles. The van der Waals surface area contributed by atoms with Gasteiger partial charge in [-0.2, -0.15) is 0 Å². The summed E-state index contributed by atoms with van der Waals surface area (Å²) in [4.78, 5) is 0. The Labute approximate surface area is 117 Å². The molecule has 0 aliphatic rings. The van der Waals surface area contributed by atoms with E-state index in [1.54, 1.807) is 0 Å². The summed E-state index contributed by atoms with van der Waals surface area (Å²) in [6, 6.07) is 8.89. The fraction of sp³-hybridized carbons (Fsp3) is 0.529. The van der Waals surface area contributed by atoms with Crippen LogP contribution in [0.2, 0.25) is 0 Å². The fourth-order valence-corrected chi connectivity index (χ4v) is 1.72. The molecule has 0 radical (unpaired) electrons. The van der Waals surface area contributed by atoms with Crippen LogP contribution in [0.3, 0.4) is 0 Å². The van der Waals surface area contributed by atoms with Gasteiger partial charge < -0.3 is 10.1 Å². The summed E-state index contributed by atoms with van der Waals surface area (Å²) in [5.74, 6) is 0.922.